The van der Waals surface area contributed by atoms with Gasteiger partial charge in [-0.05, 0) is 62.7 Å². The fourth-order valence-electron chi connectivity index (χ4n) is 3.19. The molecular weight excluding hydrogens is 212 g/mol. The third kappa shape index (κ3) is 2.82. The first-order valence-corrected chi connectivity index (χ1v) is 7.22. The van der Waals surface area contributed by atoms with Crippen LogP contribution in [0, 0.1) is 17.8 Å². The van der Waals surface area contributed by atoms with Crippen LogP contribution in [-0.4, -0.2) is 18.0 Å². The molecule has 3 fully saturated rings. The van der Waals surface area contributed by atoms with Crippen LogP contribution >= 0.6 is 0 Å². The van der Waals surface area contributed by atoms with Crippen molar-refractivity contribution in [1.29, 1.82) is 0 Å². The molecule has 0 radical (unpaired) electrons. The molecule has 0 aromatic carbocycles. The van der Waals surface area contributed by atoms with Crippen LogP contribution in [0.4, 0.5) is 0 Å². The maximum Gasteiger partial charge on any atom is 0.221 e. The van der Waals surface area contributed by atoms with E-state index in [1.54, 1.807) is 0 Å². The van der Waals surface area contributed by atoms with Gasteiger partial charge in [0.15, 0.2) is 0 Å². The summed E-state index contributed by atoms with van der Waals surface area (Å²) in [5.41, 5.74) is 5.93. The molecule has 0 spiro atoms. The first kappa shape index (κ1) is 11.5. The number of rotatable bonds is 6. The molecule has 3 aliphatic rings. The van der Waals surface area contributed by atoms with Crippen LogP contribution in [-0.2, 0) is 4.79 Å². The van der Waals surface area contributed by atoms with Crippen LogP contribution in [0.25, 0.3) is 0 Å². The maximum atomic E-state index is 11.9. The zero-order chi connectivity index (χ0) is 11.9. The molecule has 3 nitrogen and oxygen atoms in total. The van der Waals surface area contributed by atoms with Crippen LogP contribution in [0.3, 0.4) is 0 Å². The highest BCUT2D eigenvalue weighted by atomic mass is 16.1. The molecule has 17 heavy (non-hydrogen) atoms. The molecular formula is C14H24N2O. The Kier molecular flexibility index (Phi) is 2.89. The first-order valence-electron chi connectivity index (χ1n) is 7.22. The molecule has 0 heterocycles. The Morgan fingerprint density at radius 3 is 2.24 bits per heavy atom. The number of nitrogens with two attached hydrogens (primary N) is 1. The molecule has 3 saturated carbocycles. The fraction of sp³-hybridized carbons (Fsp3) is 0.929. The summed E-state index contributed by atoms with van der Waals surface area (Å²) < 4.78 is 0. The van der Waals surface area contributed by atoms with Gasteiger partial charge in [-0.15, -0.1) is 0 Å². The second-order valence-electron chi connectivity index (χ2n) is 6.54. The number of amides is 1. The molecule has 1 amide bonds. The summed E-state index contributed by atoms with van der Waals surface area (Å²) in [7, 11) is 0. The van der Waals surface area contributed by atoms with Crippen LogP contribution < -0.4 is 11.1 Å². The van der Waals surface area contributed by atoms with Crippen LogP contribution in [0.15, 0.2) is 0 Å². The van der Waals surface area contributed by atoms with E-state index >= 15 is 0 Å². The predicted molar refractivity (Wildman–Crippen MR) is 67.3 cm³/mol. The average Bonchev–Trinajstić information content (AvgIpc) is 3.09. The van der Waals surface area contributed by atoms with Gasteiger partial charge in [0, 0.05) is 18.5 Å². The zero-order valence-electron chi connectivity index (χ0n) is 10.6. The summed E-state index contributed by atoms with van der Waals surface area (Å²) in [5.74, 6) is 2.78. The molecule has 3 N–H and O–H groups in total. The van der Waals surface area contributed by atoms with Gasteiger partial charge in [-0.2, -0.15) is 0 Å². The Morgan fingerprint density at radius 2 is 1.82 bits per heavy atom. The van der Waals surface area contributed by atoms with E-state index in [1.807, 2.05) is 0 Å². The topological polar surface area (TPSA) is 55.1 Å². The van der Waals surface area contributed by atoms with Crippen molar-refractivity contribution in [3.63, 3.8) is 0 Å². The van der Waals surface area contributed by atoms with E-state index in [1.165, 1.54) is 32.1 Å². The van der Waals surface area contributed by atoms with Crippen molar-refractivity contribution >= 4 is 5.91 Å². The van der Waals surface area contributed by atoms with Crippen molar-refractivity contribution in [2.24, 2.45) is 23.5 Å². The number of carbonyl (C=O) groups is 1. The summed E-state index contributed by atoms with van der Waals surface area (Å²) in [4.78, 5) is 11.9. The van der Waals surface area contributed by atoms with Gasteiger partial charge in [0.05, 0.1) is 0 Å². The van der Waals surface area contributed by atoms with Gasteiger partial charge in [-0.25, -0.2) is 0 Å². The summed E-state index contributed by atoms with van der Waals surface area (Å²) in [6.45, 7) is 0.907. The smallest absolute Gasteiger partial charge is 0.221 e. The molecule has 0 aromatic heterocycles. The third-order valence-corrected chi connectivity index (χ3v) is 4.85. The lowest BCUT2D eigenvalue weighted by Crippen LogP contribution is -2.50. The second-order valence-corrected chi connectivity index (χ2v) is 6.54. The van der Waals surface area contributed by atoms with Gasteiger partial charge < -0.3 is 11.1 Å². The second kappa shape index (κ2) is 4.27. The minimum absolute atomic E-state index is 0.168. The number of nitrogens with one attached hydrogen (secondary N) is 1. The molecule has 3 heteroatoms. The molecule has 3 aliphatic carbocycles. The molecule has 0 bridgehead atoms. The van der Waals surface area contributed by atoms with E-state index in [-0.39, 0.29) is 11.4 Å². The predicted octanol–water partition coefficient (Wildman–Crippen LogP) is 1.81. The van der Waals surface area contributed by atoms with Gasteiger partial charge in [-0.3, -0.25) is 4.79 Å². The number of hydrogen-bond acceptors (Lipinski definition) is 2. The van der Waals surface area contributed by atoms with Gasteiger partial charge in [-0.1, -0.05) is 0 Å². The normalized spacial score (nSPS) is 26.7. The van der Waals surface area contributed by atoms with E-state index in [4.69, 9.17) is 5.73 Å². The first-order chi connectivity index (χ1) is 8.16. The fourth-order valence-corrected chi connectivity index (χ4v) is 3.19. The molecule has 0 atom stereocenters. The van der Waals surface area contributed by atoms with E-state index < -0.39 is 0 Å². The Balaban J connectivity index is 1.41. The van der Waals surface area contributed by atoms with E-state index in [0.29, 0.717) is 6.42 Å². The SMILES string of the molecule is NC1(CC(=O)NCC(C2CC2)C2CC2)CCC1. The van der Waals surface area contributed by atoms with Crippen molar-refractivity contribution in [2.45, 2.75) is 56.9 Å². The third-order valence-electron chi connectivity index (χ3n) is 4.85. The zero-order valence-corrected chi connectivity index (χ0v) is 10.6. The molecule has 0 saturated heterocycles. The molecule has 0 unspecified atom stereocenters. The lowest BCUT2D eigenvalue weighted by molar-refractivity contribution is -0.123. The average molecular weight is 236 g/mol. The lowest BCUT2D eigenvalue weighted by Gasteiger charge is -2.37. The van der Waals surface area contributed by atoms with Crippen molar-refractivity contribution in [2.75, 3.05) is 6.54 Å². The van der Waals surface area contributed by atoms with E-state index in [2.05, 4.69) is 5.32 Å². The van der Waals surface area contributed by atoms with E-state index in [9.17, 15) is 4.79 Å². The highest BCUT2D eigenvalue weighted by Crippen LogP contribution is 2.48. The molecule has 3 rings (SSSR count). The quantitative estimate of drug-likeness (QED) is 0.739. The van der Waals surface area contributed by atoms with Crippen molar-refractivity contribution in [3.05, 3.63) is 0 Å². The van der Waals surface area contributed by atoms with Crippen LogP contribution in [0.1, 0.15) is 51.4 Å². The highest BCUT2D eigenvalue weighted by Gasteiger charge is 2.41. The van der Waals surface area contributed by atoms with Crippen molar-refractivity contribution < 1.29 is 4.79 Å². The van der Waals surface area contributed by atoms with Crippen LogP contribution in [0.5, 0.6) is 0 Å². The largest absolute Gasteiger partial charge is 0.356 e. The van der Waals surface area contributed by atoms with Crippen molar-refractivity contribution in [3.8, 4) is 0 Å². The molecule has 96 valence electrons. The van der Waals surface area contributed by atoms with Gasteiger partial charge in [0.2, 0.25) is 5.91 Å². The summed E-state index contributed by atoms with van der Waals surface area (Å²) in [6.07, 6.45) is 9.32. The summed E-state index contributed by atoms with van der Waals surface area (Å²) >= 11 is 0. The minimum Gasteiger partial charge on any atom is -0.356 e. The van der Waals surface area contributed by atoms with Crippen LogP contribution in [0.2, 0.25) is 0 Å². The maximum absolute atomic E-state index is 11.9. The number of hydrogen-bond donors (Lipinski definition) is 2. The molecule has 0 aromatic rings. The van der Waals surface area contributed by atoms with E-state index in [0.717, 1.165) is 37.1 Å². The van der Waals surface area contributed by atoms with Crippen molar-refractivity contribution in [1.82, 2.24) is 5.32 Å². The lowest BCUT2D eigenvalue weighted by atomic mass is 9.75. The minimum atomic E-state index is -0.168. The Bertz CT molecular complexity index is 291. The summed E-state index contributed by atoms with van der Waals surface area (Å²) in [5, 5.41) is 3.13. The van der Waals surface area contributed by atoms with Gasteiger partial charge in [0.25, 0.3) is 0 Å². The Hall–Kier alpha value is -0.570. The van der Waals surface area contributed by atoms with Gasteiger partial charge in [0.1, 0.15) is 0 Å². The Labute approximate surface area is 104 Å². The summed E-state index contributed by atoms with van der Waals surface area (Å²) in [6, 6.07) is 0. The molecule has 0 aliphatic heterocycles. The highest BCUT2D eigenvalue weighted by molar-refractivity contribution is 5.77. The standard InChI is InChI=1S/C14H24N2O/c15-14(6-1-7-14)8-13(17)16-9-12(10-2-3-10)11-4-5-11/h10-12H,1-9,15H2,(H,16,17). The Morgan fingerprint density at radius 1 is 1.24 bits per heavy atom. The number of carbonyl (C=O) groups excluding carboxylic acids is 1. The monoisotopic (exact) mass is 236 g/mol. The van der Waals surface area contributed by atoms with Gasteiger partial charge >= 0.3 is 0 Å².